The van der Waals surface area contributed by atoms with Gasteiger partial charge in [0.1, 0.15) is 6.17 Å². The van der Waals surface area contributed by atoms with Crippen molar-refractivity contribution >= 4 is 53.3 Å². The summed E-state index contributed by atoms with van der Waals surface area (Å²) in [7, 11) is 0. The van der Waals surface area contributed by atoms with Crippen LogP contribution in [-0.4, -0.2) is 14.7 Å². The first-order valence-electron chi connectivity index (χ1n) is 19.3. The first-order chi connectivity index (χ1) is 27.7. The molecule has 3 heterocycles. The standard InChI is InChI=1S/C51H38N4S/c1-4-13-35(14-5-1)34-54-52-51(38-17-8-3-9-18-38)53(54)33-36-23-27-41(28-24-36)55-47-30-26-39(37-15-6-2-7-16-37)31-46(47)43-29-25-40(32-48(43)55)42-20-12-21-45-44-19-10-11-22-49(44)56-50(42)45/h1-32,51-52H,33-34H2. The minimum absolute atomic E-state index is 0.111. The molecule has 10 aromatic rings. The van der Waals surface area contributed by atoms with E-state index in [1.165, 1.54) is 80.9 Å². The maximum Gasteiger partial charge on any atom is 0.115 e. The minimum atomic E-state index is 0.111. The first kappa shape index (κ1) is 33.0. The number of benzene rings is 8. The molecule has 1 aliphatic rings. The van der Waals surface area contributed by atoms with E-state index in [9.17, 15) is 0 Å². The number of hydrogen-bond acceptors (Lipinski definition) is 4. The molecule has 56 heavy (non-hydrogen) atoms. The molecule has 0 bridgehead atoms. The smallest absolute Gasteiger partial charge is 0.115 e. The Hall–Kier alpha value is -6.34. The van der Waals surface area contributed by atoms with Crippen LogP contribution in [0.4, 0.5) is 0 Å². The van der Waals surface area contributed by atoms with Gasteiger partial charge in [0.25, 0.3) is 0 Å². The van der Waals surface area contributed by atoms with Crippen LogP contribution in [0.1, 0.15) is 22.9 Å². The lowest BCUT2D eigenvalue weighted by Gasteiger charge is -2.52. The van der Waals surface area contributed by atoms with Gasteiger partial charge in [-0.15, -0.1) is 11.3 Å². The molecule has 268 valence electrons. The SMILES string of the molecule is c1ccc(CN2NC(c3ccccc3)N2Cc2ccc(-n3c4ccc(-c5ccccc5)cc4c4ccc(-c5cccc6c5sc5ccccc56)cc43)cc2)cc1. The van der Waals surface area contributed by atoms with Crippen LogP contribution in [0.3, 0.4) is 0 Å². The maximum absolute atomic E-state index is 3.70. The predicted octanol–water partition coefficient (Wildman–Crippen LogP) is 12.9. The molecular formula is C51H38N4S. The summed E-state index contributed by atoms with van der Waals surface area (Å²) in [5.74, 6) is 0. The first-order valence-corrected chi connectivity index (χ1v) is 20.1. The number of nitrogens with zero attached hydrogens (tertiary/aromatic N) is 3. The van der Waals surface area contributed by atoms with Crippen LogP contribution in [-0.2, 0) is 13.1 Å². The topological polar surface area (TPSA) is 23.4 Å². The third kappa shape index (κ3) is 5.72. The van der Waals surface area contributed by atoms with Crippen molar-refractivity contribution in [3.63, 3.8) is 0 Å². The normalized spacial score (nSPS) is 14.9. The fraction of sp³-hybridized carbons (Fsp3) is 0.0588. The van der Waals surface area contributed by atoms with E-state index in [4.69, 9.17) is 0 Å². The van der Waals surface area contributed by atoms with E-state index in [-0.39, 0.29) is 6.17 Å². The molecule has 1 aliphatic heterocycles. The van der Waals surface area contributed by atoms with E-state index in [0.29, 0.717) is 0 Å². The van der Waals surface area contributed by atoms with Gasteiger partial charge in [-0.2, -0.15) is 5.12 Å². The summed E-state index contributed by atoms with van der Waals surface area (Å²) in [6.07, 6.45) is 0.111. The Morgan fingerprint density at radius 2 is 1.16 bits per heavy atom. The number of nitrogens with one attached hydrogen (secondary N) is 1. The van der Waals surface area contributed by atoms with Crippen LogP contribution < -0.4 is 5.43 Å². The van der Waals surface area contributed by atoms with Gasteiger partial charge in [0.2, 0.25) is 0 Å². The average molecular weight is 739 g/mol. The Morgan fingerprint density at radius 1 is 0.464 bits per heavy atom. The summed E-state index contributed by atoms with van der Waals surface area (Å²) in [4.78, 5) is 0. The van der Waals surface area contributed by atoms with Gasteiger partial charge in [0.05, 0.1) is 17.6 Å². The van der Waals surface area contributed by atoms with Gasteiger partial charge < -0.3 is 4.57 Å². The van der Waals surface area contributed by atoms with Crippen molar-refractivity contribution in [1.29, 1.82) is 0 Å². The highest BCUT2D eigenvalue weighted by molar-refractivity contribution is 7.26. The molecule has 1 saturated heterocycles. The number of hydrazine groups is 2. The Kier molecular flexibility index (Phi) is 8.11. The number of thiophene rings is 1. The van der Waals surface area contributed by atoms with Crippen molar-refractivity contribution in [1.82, 2.24) is 20.1 Å². The van der Waals surface area contributed by atoms with Crippen molar-refractivity contribution in [2.24, 2.45) is 0 Å². The third-order valence-electron chi connectivity index (χ3n) is 11.3. The number of hydrogen-bond donors (Lipinski definition) is 1. The fourth-order valence-corrected chi connectivity index (χ4v) is 9.74. The molecule has 0 amide bonds. The summed E-state index contributed by atoms with van der Waals surface area (Å²) in [6.45, 7) is 1.59. The molecule has 0 spiro atoms. The lowest BCUT2D eigenvalue weighted by molar-refractivity contribution is -0.247. The Balaban J connectivity index is 1.01. The van der Waals surface area contributed by atoms with Gasteiger partial charge in [-0.3, -0.25) is 0 Å². The second-order valence-corrected chi connectivity index (χ2v) is 15.7. The highest BCUT2D eigenvalue weighted by atomic mass is 32.1. The molecule has 1 atom stereocenters. The zero-order valence-electron chi connectivity index (χ0n) is 30.7. The molecular weight excluding hydrogens is 701 g/mol. The summed E-state index contributed by atoms with van der Waals surface area (Å²) < 4.78 is 5.12. The zero-order valence-corrected chi connectivity index (χ0v) is 31.5. The Bertz CT molecular complexity index is 3010. The van der Waals surface area contributed by atoms with Crippen molar-refractivity contribution in [2.75, 3.05) is 0 Å². The lowest BCUT2D eigenvalue weighted by atomic mass is 10.00. The molecule has 4 nitrogen and oxygen atoms in total. The van der Waals surface area contributed by atoms with Gasteiger partial charge in [0.15, 0.2) is 0 Å². The third-order valence-corrected chi connectivity index (χ3v) is 12.5. The van der Waals surface area contributed by atoms with Gasteiger partial charge in [0, 0.05) is 43.2 Å². The van der Waals surface area contributed by atoms with E-state index >= 15 is 0 Å². The van der Waals surface area contributed by atoms with Crippen molar-refractivity contribution in [3.8, 4) is 27.9 Å². The molecule has 0 radical (unpaired) electrons. The number of rotatable bonds is 8. The van der Waals surface area contributed by atoms with Crippen LogP contribution >= 0.6 is 11.3 Å². The van der Waals surface area contributed by atoms with Gasteiger partial charge in [-0.05, 0) is 75.3 Å². The van der Waals surface area contributed by atoms with Gasteiger partial charge in [-0.1, -0.05) is 158 Å². The van der Waals surface area contributed by atoms with Crippen LogP contribution in [0.25, 0.3) is 69.9 Å². The molecule has 1 fully saturated rings. The van der Waals surface area contributed by atoms with E-state index in [1.807, 2.05) is 11.3 Å². The maximum atomic E-state index is 3.70. The number of aromatic nitrogens is 1. The molecule has 11 rings (SSSR count). The van der Waals surface area contributed by atoms with Crippen LogP contribution in [0.5, 0.6) is 0 Å². The quantitative estimate of drug-likeness (QED) is 0.168. The highest BCUT2D eigenvalue weighted by Crippen LogP contribution is 2.42. The lowest BCUT2D eigenvalue weighted by Crippen LogP contribution is -2.66. The van der Waals surface area contributed by atoms with Crippen molar-refractivity contribution < 1.29 is 0 Å². The minimum Gasteiger partial charge on any atom is -0.309 e. The fourth-order valence-electron chi connectivity index (χ4n) is 8.51. The van der Waals surface area contributed by atoms with Gasteiger partial charge in [-0.25, -0.2) is 10.4 Å². The monoisotopic (exact) mass is 738 g/mol. The second-order valence-electron chi connectivity index (χ2n) is 14.7. The van der Waals surface area contributed by atoms with Crippen LogP contribution in [0.2, 0.25) is 0 Å². The number of fused-ring (bicyclic) bond motifs is 6. The highest BCUT2D eigenvalue weighted by Gasteiger charge is 2.37. The van der Waals surface area contributed by atoms with Crippen molar-refractivity contribution in [2.45, 2.75) is 19.3 Å². The molecule has 0 aliphatic carbocycles. The molecule has 0 saturated carbocycles. The Morgan fingerprint density at radius 3 is 1.98 bits per heavy atom. The van der Waals surface area contributed by atoms with E-state index in [1.54, 1.807) is 0 Å². The van der Waals surface area contributed by atoms with Crippen molar-refractivity contribution in [3.05, 3.63) is 211 Å². The molecule has 8 aromatic carbocycles. The molecule has 5 heteroatoms. The largest absolute Gasteiger partial charge is 0.309 e. The summed E-state index contributed by atoms with van der Waals surface area (Å²) in [5, 5.41) is 9.83. The summed E-state index contributed by atoms with van der Waals surface area (Å²) in [5.41, 5.74) is 16.0. The average Bonchev–Trinajstić information content (AvgIpc) is 3.80. The molecule has 1 unspecified atom stereocenters. The predicted molar refractivity (Wildman–Crippen MR) is 234 cm³/mol. The van der Waals surface area contributed by atoms with E-state index in [0.717, 1.165) is 18.8 Å². The zero-order chi connectivity index (χ0) is 37.0. The second kappa shape index (κ2) is 13.7. The summed E-state index contributed by atoms with van der Waals surface area (Å²) >= 11 is 1.89. The van der Waals surface area contributed by atoms with Gasteiger partial charge >= 0.3 is 0 Å². The van der Waals surface area contributed by atoms with E-state index < -0.39 is 0 Å². The molecule has 1 N–H and O–H groups in total. The van der Waals surface area contributed by atoms with Crippen LogP contribution in [0.15, 0.2) is 194 Å². The van der Waals surface area contributed by atoms with E-state index in [2.05, 4.69) is 214 Å². The molecule has 2 aromatic heterocycles. The summed E-state index contributed by atoms with van der Waals surface area (Å²) in [6, 6.07) is 70.8. The van der Waals surface area contributed by atoms with Crippen LogP contribution in [0, 0.1) is 0 Å². The Labute approximate surface area is 330 Å².